The summed E-state index contributed by atoms with van der Waals surface area (Å²) >= 11 is 0. The van der Waals surface area contributed by atoms with Gasteiger partial charge in [0, 0.05) is 45.0 Å². The van der Waals surface area contributed by atoms with Gasteiger partial charge in [-0.25, -0.2) is 4.98 Å². The van der Waals surface area contributed by atoms with Crippen molar-refractivity contribution in [3.05, 3.63) is 22.4 Å². The fraction of sp³-hybridized carbons (Fsp3) is 0.636. The second-order valence-corrected chi connectivity index (χ2v) is 8.30. The molecule has 0 unspecified atom stereocenters. The molecule has 3 heterocycles. The van der Waals surface area contributed by atoms with Crippen LogP contribution < -0.4 is 10.2 Å². The Balaban J connectivity index is 1.38. The van der Waals surface area contributed by atoms with Gasteiger partial charge in [-0.15, -0.1) is 0 Å². The molecule has 160 valence electrons. The minimum absolute atomic E-state index is 0.0151. The Morgan fingerprint density at radius 1 is 1.17 bits per heavy atom. The van der Waals surface area contributed by atoms with Crippen LogP contribution in [0.5, 0.6) is 0 Å². The SMILES string of the molecule is Cc1nc(N2CCN(C(=O)C(=O)NC[C@H]3CCCO3)CC2)c(C#N)c2c1CCCC2. The van der Waals surface area contributed by atoms with E-state index in [0.29, 0.717) is 38.3 Å². The van der Waals surface area contributed by atoms with E-state index in [9.17, 15) is 14.9 Å². The topological polar surface area (TPSA) is 98.6 Å². The number of pyridine rings is 1. The molecule has 3 aliphatic rings. The second kappa shape index (κ2) is 9.00. The number of ether oxygens (including phenoxy) is 1. The Labute approximate surface area is 177 Å². The Bertz CT molecular complexity index is 865. The molecule has 0 spiro atoms. The van der Waals surface area contributed by atoms with Crippen LogP contribution in [0.4, 0.5) is 5.82 Å². The molecular weight excluding hydrogens is 382 g/mol. The van der Waals surface area contributed by atoms with Gasteiger partial charge in [0.1, 0.15) is 11.9 Å². The zero-order chi connectivity index (χ0) is 21.1. The molecule has 1 aromatic heterocycles. The Hall–Kier alpha value is -2.66. The van der Waals surface area contributed by atoms with Crippen molar-refractivity contribution in [2.45, 2.75) is 51.6 Å². The van der Waals surface area contributed by atoms with Crippen LogP contribution in [0.25, 0.3) is 0 Å². The zero-order valence-corrected chi connectivity index (χ0v) is 17.6. The summed E-state index contributed by atoms with van der Waals surface area (Å²) in [5, 5.41) is 12.5. The maximum atomic E-state index is 12.5. The number of hydrogen-bond acceptors (Lipinski definition) is 6. The van der Waals surface area contributed by atoms with E-state index in [2.05, 4.69) is 16.3 Å². The summed E-state index contributed by atoms with van der Waals surface area (Å²) in [6.45, 7) is 5.12. The van der Waals surface area contributed by atoms with Gasteiger partial charge in [0.15, 0.2) is 0 Å². The first-order chi connectivity index (χ1) is 14.6. The maximum absolute atomic E-state index is 12.5. The lowest BCUT2D eigenvalue weighted by atomic mass is 9.88. The summed E-state index contributed by atoms with van der Waals surface area (Å²) in [4.78, 5) is 33.2. The predicted molar refractivity (Wildman–Crippen MR) is 111 cm³/mol. The summed E-state index contributed by atoms with van der Waals surface area (Å²) in [7, 11) is 0. The van der Waals surface area contributed by atoms with Crippen molar-refractivity contribution in [1.82, 2.24) is 15.2 Å². The molecule has 2 aliphatic heterocycles. The van der Waals surface area contributed by atoms with Crippen molar-refractivity contribution >= 4 is 17.6 Å². The van der Waals surface area contributed by atoms with Gasteiger partial charge in [0.05, 0.1) is 11.7 Å². The lowest BCUT2D eigenvalue weighted by Crippen LogP contribution is -2.53. The monoisotopic (exact) mass is 411 g/mol. The number of carbonyl (C=O) groups excluding carboxylic acids is 2. The molecule has 1 aliphatic carbocycles. The standard InChI is InChI=1S/C22H29N5O3/c1-15-17-6-2-3-7-18(17)19(13-23)20(25-15)26-8-10-27(11-9-26)22(29)21(28)24-14-16-5-4-12-30-16/h16H,2-12,14H2,1H3,(H,24,28)/t16-/m1/s1. The smallest absolute Gasteiger partial charge is 0.312 e. The third-order valence-electron chi connectivity index (χ3n) is 6.39. The quantitative estimate of drug-likeness (QED) is 0.748. The number of nitrogens with one attached hydrogen (secondary N) is 1. The van der Waals surface area contributed by atoms with Crippen molar-refractivity contribution in [3.8, 4) is 6.07 Å². The summed E-state index contributed by atoms with van der Waals surface area (Å²) in [5.74, 6) is -0.340. The van der Waals surface area contributed by atoms with E-state index in [0.717, 1.165) is 62.2 Å². The number of nitrogens with zero attached hydrogens (tertiary/aromatic N) is 4. The van der Waals surface area contributed by atoms with E-state index in [1.165, 1.54) is 5.56 Å². The van der Waals surface area contributed by atoms with Gasteiger partial charge < -0.3 is 19.9 Å². The number of rotatable bonds is 3. The van der Waals surface area contributed by atoms with Crippen molar-refractivity contribution in [1.29, 1.82) is 5.26 Å². The predicted octanol–water partition coefficient (Wildman–Crippen LogP) is 1.08. The first-order valence-corrected chi connectivity index (χ1v) is 10.9. The van der Waals surface area contributed by atoms with E-state index >= 15 is 0 Å². The number of fused-ring (bicyclic) bond motifs is 1. The number of hydrogen-bond donors (Lipinski definition) is 1. The Kier molecular flexibility index (Phi) is 6.18. The maximum Gasteiger partial charge on any atom is 0.312 e. The van der Waals surface area contributed by atoms with Gasteiger partial charge in [-0.05, 0) is 56.6 Å². The molecule has 0 aromatic carbocycles. The second-order valence-electron chi connectivity index (χ2n) is 8.30. The van der Waals surface area contributed by atoms with Crippen LogP contribution in [0.3, 0.4) is 0 Å². The number of carbonyl (C=O) groups is 2. The van der Waals surface area contributed by atoms with Gasteiger partial charge in [0.2, 0.25) is 0 Å². The van der Waals surface area contributed by atoms with Crippen molar-refractivity contribution < 1.29 is 14.3 Å². The molecule has 2 saturated heterocycles. The van der Waals surface area contributed by atoms with Gasteiger partial charge in [-0.3, -0.25) is 9.59 Å². The van der Waals surface area contributed by atoms with Crippen LogP contribution >= 0.6 is 0 Å². The van der Waals surface area contributed by atoms with Crippen molar-refractivity contribution in [3.63, 3.8) is 0 Å². The summed E-state index contributed by atoms with van der Waals surface area (Å²) in [5.41, 5.74) is 4.08. The molecule has 30 heavy (non-hydrogen) atoms. The molecule has 1 aromatic rings. The minimum Gasteiger partial charge on any atom is -0.376 e. The average molecular weight is 412 g/mol. The van der Waals surface area contributed by atoms with Crippen LogP contribution in [0.2, 0.25) is 0 Å². The van der Waals surface area contributed by atoms with Crippen LogP contribution in [0.15, 0.2) is 0 Å². The molecule has 8 heteroatoms. The Morgan fingerprint density at radius 2 is 1.90 bits per heavy atom. The van der Waals surface area contributed by atoms with E-state index < -0.39 is 11.8 Å². The molecule has 2 fully saturated rings. The summed E-state index contributed by atoms with van der Waals surface area (Å²) in [6, 6.07) is 2.38. The first kappa shape index (κ1) is 20.6. The van der Waals surface area contributed by atoms with Gasteiger partial charge in [-0.1, -0.05) is 0 Å². The molecule has 1 N–H and O–H groups in total. The van der Waals surface area contributed by atoms with Gasteiger partial charge >= 0.3 is 11.8 Å². The van der Waals surface area contributed by atoms with E-state index in [1.54, 1.807) is 4.90 Å². The summed E-state index contributed by atoms with van der Waals surface area (Å²) in [6.07, 6.45) is 6.10. The number of amides is 2. The number of aryl methyl sites for hydroxylation is 1. The third-order valence-corrected chi connectivity index (χ3v) is 6.39. The van der Waals surface area contributed by atoms with Crippen LogP contribution in [0.1, 0.15) is 48.1 Å². The lowest BCUT2D eigenvalue weighted by Gasteiger charge is -2.36. The molecule has 0 saturated carbocycles. The lowest BCUT2D eigenvalue weighted by molar-refractivity contribution is -0.146. The highest BCUT2D eigenvalue weighted by Crippen LogP contribution is 2.32. The van der Waals surface area contributed by atoms with Crippen molar-refractivity contribution in [2.24, 2.45) is 0 Å². The summed E-state index contributed by atoms with van der Waals surface area (Å²) < 4.78 is 5.48. The molecule has 2 amide bonds. The minimum atomic E-state index is -0.570. The molecular formula is C22H29N5O3. The largest absolute Gasteiger partial charge is 0.376 e. The molecule has 4 rings (SSSR count). The number of nitriles is 1. The van der Waals surface area contributed by atoms with Crippen LogP contribution in [0, 0.1) is 18.3 Å². The van der Waals surface area contributed by atoms with Gasteiger partial charge in [0.25, 0.3) is 0 Å². The number of aromatic nitrogens is 1. The van der Waals surface area contributed by atoms with Gasteiger partial charge in [-0.2, -0.15) is 5.26 Å². The molecule has 0 radical (unpaired) electrons. The fourth-order valence-electron chi connectivity index (χ4n) is 4.70. The third kappa shape index (κ3) is 4.12. The van der Waals surface area contributed by atoms with Crippen LogP contribution in [-0.4, -0.2) is 67.1 Å². The highest BCUT2D eigenvalue weighted by Gasteiger charge is 2.30. The van der Waals surface area contributed by atoms with E-state index in [1.807, 2.05) is 6.92 Å². The van der Waals surface area contributed by atoms with E-state index in [4.69, 9.17) is 9.72 Å². The average Bonchev–Trinajstić information content (AvgIpc) is 3.31. The van der Waals surface area contributed by atoms with E-state index in [-0.39, 0.29) is 6.10 Å². The molecule has 8 nitrogen and oxygen atoms in total. The first-order valence-electron chi connectivity index (χ1n) is 10.9. The van der Waals surface area contributed by atoms with Crippen molar-refractivity contribution in [2.75, 3.05) is 44.2 Å². The number of anilines is 1. The molecule has 1 atom stereocenters. The normalized spacial score (nSPS) is 21.1. The molecule has 0 bridgehead atoms. The highest BCUT2D eigenvalue weighted by molar-refractivity contribution is 6.35. The number of piperazine rings is 1. The Morgan fingerprint density at radius 3 is 2.57 bits per heavy atom. The highest BCUT2D eigenvalue weighted by atomic mass is 16.5. The fourth-order valence-corrected chi connectivity index (χ4v) is 4.70. The van der Waals surface area contributed by atoms with Crippen LogP contribution in [-0.2, 0) is 27.2 Å². The zero-order valence-electron chi connectivity index (χ0n) is 17.6.